The predicted octanol–water partition coefficient (Wildman–Crippen LogP) is 0.951. The molecule has 0 atom stereocenters. The Labute approximate surface area is 155 Å². The summed E-state index contributed by atoms with van der Waals surface area (Å²) in [6.07, 6.45) is -0.139. The predicted molar refractivity (Wildman–Crippen MR) is 99.6 cm³/mol. The van der Waals surface area contributed by atoms with Gasteiger partial charge in [0.15, 0.2) is 0 Å². The van der Waals surface area contributed by atoms with E-state index < -0.39 is 11.5 Å². The molecule has 4 N–H and O–H groups in total. The Morgan fingerprint density at radius 3 is 2.74 bits per heavy atom. The second kappa shape index (κ2) is 9.22. The van der Waals surface area contributed by atoms with Crippen LogP contribution in [-0.2, 0) is 16.0 Å². The number of ether oxygens (including phenoxy) is 3. The van der Waals surface area contributed by atoms with E-state index in [1.54, 1.807) is 32.2 Å². The summed E-state index contributed by atoms with van der Waals surface area (Å²) in [6, 6.07) is 6.30. The maximum Gasteiger partial charge on any atom is 0.311 e. The third-order valence-corrected chi connectivity index (χ3v) is 3.31. The maximum atomic E-state index is 11.7. The van der Waals surface area contributed by atoms with Gasteiger partial charge < -0.3 is 25.3 Å². The number of hydrogen-bond acceptors (Lipinski definition) is 7. The van der Waals surface area contributed by atoms with E-state index in [9.17, 15) is 9.59 Å². The molecule has 0 bridgehead atoms. The van der Waals surface area contributed by atoms with Crippen molar-refractivity contribution in [2.75, 3.05) is 26.1 Å². The lowest BCUT2D eigenvalue weighted by atomic mass is 10.2. The summed E-state index contributed by atoms with van der Waals surface area (Å²) in [5, 5.41) is 2.85. The Morgan fingerprint density at radius 2 is 2.07 bits per heavy atom. The van der Waals surface area contributed by atoms with E-state index in [-0.39, 0.29) is 30.6 Å². The molecule has 0 saturated carbocycles. The molecule has 0 aliphatic rings. The molecule has 1 aromatic carbocycles. The Kier molecular flexibility index (Phi) is 6.75. The fourth-order valence-corrected chi connectivity index (χ4v) is 2.18. The minimum Gasteiger partial charge on any atom is -0.497 e. The molecule has 144 valence electrons. The maximum absolute atomic E-state index is 11.7. The summed E-state index contributed by atoms with van der Waals surface area (Å²) in [5.41, 5.74) is 6.19. The standard InChI is InChI=1S/C17H21N5O5/c1-4-27-15(24)8-10-7-14(23)21-17(19-10)22-16(18)20-12-6-5-11(25-2)9-13(12)26-3/h5-7,9H,4,8H2,1-3H3,(H4,18,19,20,21,22,23). The zero-order valence-electron chi connectivity index (χ0n) is 15.2. The first-order chi connectivity index (χ1) is 12.9. The number of rotatable bonds is 7. The van der Waals surface area contributed by atoms with Crippen molar-refractivity contribution >= 4 is 23.6 Å². The van der Waals surface area contributed by atoms with Crippen LogP contribution < -0.4 is 26.1 Å². The molecule has 10 nitrogen and oxygen atoms in total. The van der Waals surface area contributed by atoms with Crippen LogP contribution in [0.4, 0.5) is 11.6 Å². The van der Waals surface area contributed by atoms with Crippen LogP contribution in [0.15, 0.2) is 34.1 Å². The minimum absolute atomic E-state index is 0.0325. The number of methoxy groups -OCH3 is 2. The number of carbonyl (C=O) groups is 1. The highest BCUT2D eigenvalue weighted by molar-refractivity contribution is 5.95. The first kappa shape index (κ1) is 19.8. The van der Waals surface area contributed by atoms with Gasteiger partial charge in [-0.3, -0.25) is 14.6 Å². The van der Waals surface area contributed by atoms with Gasteiger partial charge in [0.2, 0.25) is 11.9 Å². The molecule has 0 spiro atoms. The first-order valence-corrected chi connectivity index (χ1v) is 8.04. The summed E-state index contributed by atoms with van der Waals surface area (Å²) in [5.74, 6) is 0.546. The summed E-state index contributed by atoms with van der Waals surface area (Å²) in [4.78, 5) is 33.9. The number of anilines is 1. The number of aromatic nitrogens is 2. The molecular weight excluding hydrogens is 354 g/mol. The van der Waals surface area contributed by atoms with Crippen molar-refractivity contribution in [3.8, 4) is 11.5 Å². The summed E-state index contributed by atoms with van der Waals surface area (Å²) in [7, 11) is 3.05. The van der Waals surface area contributed by atoms with Gasteiger partial charge in [0.25, 0.3) is 5.56 Å². The van der Waals surface area contributed by atoms with Gasteiger partial charge in [0.05, 0.1) is 38.6 Å². The molecule has 27 heavy (non-hydrogen) atoms. The Hall–Kier alpha value is -3.56. The van der Waals surface area contributed by atoms with E-state index in [0.29, 0.717) is 17.2 Å². The van der Waals surface area contributed by atoms with Crippen molar-refractivity contribution < 1.29 is 19.0 Å². The molecule has 10 heteroatoms. The van der Waals surface area contributed by atoms with Crippen molar-refractivity contribution in [2.45, 2.75) is 13.3 Å². The normalized spacial score (nSPS) is 11.0. The number of benzene rings is 1. The second-order valence-electron chi connectivity index (χ2n) is 5.23. The largest absolute Gasteiger partial charge is 0.497 e. The topological polar surface area (TPSA) is 141 Å². The summed E-state index contributed by atoms with van der Waals surface area (Å²) >= 11 is 0. The van der Waals surface area contributed by atoms with E-state index >= 15 is 0 Å². The van der Waals surface area contributed by atoms with Crippen molar-refractivity contribution in [3.63, 3.8) is 0 Å². The fourth-order valence-electron chi connectivity index (χ4n) is 2.18. The van der Waals surface area contributed by atoms with Crippen LogP contribution >= 0.6 is 0 Å². The lowest BCUT2D eigenvalue weighted by Gasteiger charge is -2.11. The summed E-state index contributed by atoms with van der Waals surface area (Å²) < 4.78 is 15.2. The van der Waals surface area contributed by atoms with Crippen LogP contribution in [0.3, 0.4) is 0 Å². The lowest BCUT2D eigenvalue weighted by molar-refractivity contribution is -0.142. The smallest absolute Gasteiger partial charge is 0.311 e. The lowest BCUT2D eigenvalue weighted by Crippen LogP contribution is -2.23. The number of carbonyl (C=O) groups excluding carboxylic acids is 1. The number of nitrogens with two attached hydrogens (primary N) is 1. The Morgan fingerprint density at radius 1 is 1.30 bits per heavy atom. The molecule has 2 aromatic rings. The Bertz CT molecular complexity index is 894. The number of esters is 1. The molecular formula is C17H21N5O5. The number of aromatic amines is 1. The van der Waals surface area contributed by atoms with Crippen molar-refractivity contribution in [1.82, 2.24) is 9.97 Å². The zero-order valence-corrected chi connectivity index (χ0v) is 15.2. The van der Waals surface area contributed by atoms with E-state index in [1.807, 2.05) is 0 Å². The van der Waals surface area contributed by atoms with Gasteiger partial charge in [0.1, 0.15) is 11.5 Å². The number of hydrogen-bond donors (Lipinski definition) is 3. The Balaban J connectivity index is 2.21. The number of nitrogens with one attached hydrogen (secondary N) is 2. The first-order valence-electron chi connectivity index (χ1n) is 8.04. The molecule has 1 heterocycles. The van der Waals surface area contributed by atoms with Gasteiger partial charge in [-0.2, -0.15) is 4.99 Å². The molecule has 1 aromatic heterocycles. The molecule has 2 rings (SSSR count). The van der Waals surface area contributed by atoms with Gasteiger partial charge >= 0.3 is 5.97 Å². The molecule has 0 unspecified atom stereocenters. The van der Waals surface area contributed by atoms with Gasteiger partial charge in [-0.05, 0) is 19.1 Å². The molecule has 0 fully saturated rings. The SMILES string of the molecule is CCOC(=O)Cc1cc(=O)[nH]c(N=C(N)Nc2ccc(OC)cc2OC)n1. The highest BCUT2D eigenvalue weighted by Gasteiger charge is 2.09. The number of aliphatic imine (C=N–C) groups is 1. The van der Waals surface area contributed by atoms with Crippen molar-refractivity contribution in [2.24, 2.45) is 10.7 Å². The quantitative estimate of drug-likeness (QED) is 0.369. The molecule has 0 radical (unpaired) electrons. The van der Waals surface area contributed by atoms with Crippen LogP contribution in [0.25, 0.3) is 0 Å². The highest BCUT2D eigenvalue weighted by atomic mass is 16.5. The van der Waals surface area contributed by atoms with E-state index in [1.165, 1.54) is 13.2 Å². The number of guanidine groups is 1. The van der Waals surface area contributed by atoms with Crippen LogP contribution in [0.1, 0.15) is 12.6 Å². The monoisotopic (exact) mass is 375 g/mol. The number of H-pyrrole nitrogens is 1. The molecule has 0 amide bonds. The van der Waals surface area contributed by atoms with E-state index in [2.05, 4.69) is 20.3 Å². The van der Waals surface area contributed by atoms with E-state index in [0.717, 1.165) is 0 Å². The third-order valence-electron chi connectivity index (χ3n) is 3.31. The molecule has 0 aliphatic heterocycles. The molecule has 0 aliphatic carbocycles. The third kappa shape index (κ3) is 5.73. The summed E-state index contributed by atoms with van der Waals surface area (Å²) in [6.45, 7) is 1.94. The van der Waals surface area contributed by atoms with Gasteiger partial charge in [-0.1, -0.05) is 0 Å². The average molecular weight is 375 g/mol. The minimum atomic E-state index is -0.486. The van der Waals surface area contributed by atoms with Crippen LogP contribution in [0.5, 0.6) is 11.5 Å². The van der Waals surface area contributed by atoms with Crippen molar-refractivity contribution in [1.29, 1.82) is 0 Å². The fraction of sp³-hybridized carbons (Fsp3) is 0.294. The van der Waals surface area contributed by atoms with Crippen LogP contribution in [-0.4, -0.2) is 42.7 Å². The number of nitrogens with zero attached hydrogens (tertiary/aromatic N) is 2. The van der Waals surface area contributed by atoms with E-state index in [4.69, 9.17) is 19.9 Å². The van der Waals surface area contributed by atoms with Crippen LogP contribution in [0.2, 0.25) is 0 Å². The van der Waals surface area contributed by atoms with Gasteiger partial charge in [-0.15, -0.1) is 0 Å². The van der Waals surface area contributed by atoms with Crippen molar-refractivity contribution in [3.05, 3.63) is 40.3 Å². The highest BCUT2D eigenvalue weighted by Crippen LogP contribution is 2.28. The average Bonchev–Trinajstić information content (AvgIpc) is 2.61. The van der Waals surface area contributed by atoms with Crippen LogP contribution in [0, 0.1) is 0 Å². The second-order valence-corrected chi connectivity index (χ2v) is 5.23. The van der Waals surface area contributed by atoms with Gasteiger partial charge in [-0.25, -0.2) is 4.98 Å². The zero-order chi connectivity index (χ0) is 19.8. The van der Waals surface area contributed by atoms with Gasteiger partial charge in [0, 0.05) is 12.1 Å². The molecule has 0 saturated heterocycles.